The molecule has 0 aliphatic carbocycles. The fourth-order valence-electron chi connectivity index (χ4n) is 1.07. The van der Waals surface area contributed by atoms with Crippen LogP contribution in [0.2, 0.25) is 0 Å². The van der Waals surface area contributed by atoms with Gasteiger partial charge in [-0.1, -0.05) is 12.0 Å². The molecule has 0 saturated carbocycles. The summed E-state index contributed by atoms with van der Waals surface area (Å²) in [7, 11) is -3.48. The number of carbonyl (C=O) groups excluding carboxylic acids is 1. The van der Waals surface area contributed by atoms with Gasteiger partial charge in [-0.25, -0.2) is 13.2 Å². The van der Waals surface area contributed by atoms with Crippen LogP contribution in [0.1, 0.15) is 19.2 Å². The Balaban J connectivity index is 2.36. The molecule has 8 nitrogen and oxygen atoms in total. The Hall–Kier alpha value is -1.64. The molecule has 102 valence electrons. The van der Waals surface area contributed by atoms with Crippen LogP contribution in [0.15, 0.2) is 9.64 Å². The molecule has 0 bridgehead atoms. The van der Waals surface area contributed by atoms with Gasteiger partial charge in [-0.2, -0.15) is 0 Å². The van der Waals surface area contributed by atoms with Crippen LogP contribution in [0.4, 0.5) is 4.79 Å². The van der Waals surface area contributed by atoms with Crippen LogP contribution in [0.5, 0.6) is 0 Å². The lowest BCUT2D eigenvalue weighted by atomic mass is 10.4. The van der Waals surface area contributed by atoms with Gasteiger partial charge in [0.1, 0.15) is 0 Å². The van der Waals surface area contributed by atoms with Crippen LogP contribution >= 0.6 is 0 Å². The largest absolute Gasteiger partial charge is 0.412 e. The number of amides is 2. The Morgan fingerprint density at radius 1 is 1.28 bits per heavy atom. The molecule has 0 aromatic carbocycles. The van der Waals surface area contributed by atoms with E-state index in [4.69, 9.17) is 4.42 Å². The van der Waals surface area contributed by atoms with Crippen molar-refractivity contribution in [3.05, 3.63) is 5.89 Å². The Kier molecular flexibility index (Phi) is 5.08. The molecule has 0 aliphatic rings. The van der Waals surface area contributed by atoms with E-state index in [2.05, 4.69) is 20.8 Å². The van der Waals surface area contributed by atoms with Gasteiger partial charge in [-0.3, -0.25) is 0 Å². The molecule has 1 rings (SSSR count). The van der Waals surface area contributed by atoms with Crippen molar-refractivity contribution in [2.45, 2.75) is 25.0 Å². The molecule has 9 heteroatoms. The molecule has 1 aromatic rings. The van der Waals surface area contributed by atoms with E-state index in [1.54, 1.807) is 0 Å². The average molecular weight is 276 g/mol. The van der Waals surface area contributed by atoms with Gasteiger partial charge in [-0.15, -0.1) is 5.10 Å². The summed E-state index contributed by atoms with van der Waals surface area (Å²) < 4.78 is 27.1. The molecule has 0 spiro atoms. The summed E-state index contributed by atoms with van der Waals surface area (Å²) in [6.45, 7) is 2.84. The summed E-state index contributed by atoms with van der Waals surface area (Å²) in [6, 6.07) is -0.278. The Labute approximate surface area is 105 Å². The predicted octanol–water partition coefficient (Wildman–Crippen LogP) is -0.275. The van der Waals surface area contributed by atoms with Gasteiger partial charge in [-0.05, 0) is 6.42 Å². The summed E-state index contributed by atoms with van der Waals surface area (Å²) in [5, 5.41) is 11.8. The third-order valence-electron chi connectivity index (χ3n) is 1.93. The van der Waals surface area contributed by atoms with Gasteiger partial charge in [0.15, 0.2) is 0 Å². The number of sulfone groups is 1. The molecule has 1 aromatic heterocycles. The van der Waals surface area contributed by atoms with Crippen LogP contribution in [0, 0.1) is 0 Å². The van der Waals surface area contributed by atoms with E-state index >= 15 is 0 Å². The van der Waals surface area contributed by atoms with Crippen molar-refractivity contribution in [3.63, 3.8) is 0 Å². The molecule has 2 N–H and O–H groups in total. The molecule has 18 heavy (non-hydrogen) atoms. The first-order chi connectivity index (χ1) is 8.43. The summed E-state index contributed by atoms with van der Waals surface area (Å²) in [5.41, 5.74) is 0. The van der Waals surface area contributed by atoms with E-state index < -0.39 is 15.1 Å². The zero-order valence-electron chi connectivity index (χ0n) is 10.3. The lowest BCUT2D eigenvalue weighted by molar-refractivity contribution is 0.240. The van der Waals surface area contributed by atoms with Gasteiger partial charge < -0.3 is 15.1 Å². The number of rotatable bonds is 6. The number of hydrogen-bond acceptors (Lipinski definition) is 6. The Morgan fingerprint density at radius 2 is 1.94 bits per heavy atom. The summed E-state index contributed by atoms with van der Waals surface area (Å²) in [6.07, 6.45) is 2.12. The zero-order chi connectivity index (χ0) is 13.6. The maximum atomic E-state index is 11.2. The van der Waals surface area contributed by atoms with Crippen molar-refractivity contribution < 1.29 is 17.6 Å². The van der Waals surface area contributed by atoms with E-state index in [1.165, 1.54) is 0 Å². The molecular formula is C9H16N4O4S. The molecular weight excluding hydrogens is 260 g/mol. The fourth-order valence-corrected chi connectivity index (χ4v) is 1.51. The Bertz CT molecular complexity index is 496. The monoisotopic (exact) mass is 276 g/mol. The van der Waals surface area contributed by atoms with Gasteiger partial charge >= 0.3 is 11.3 Å². The van der Waals surface area contributed by atoms with E-state index in [9.17, 15) is 13.2 Å². The lowest BCUT2D eigenvalue weighted by Gasteiger charge is -2.04. The number of urea groups is 1. The molecule has 0 fully saturated rings. The Morgan fingerprint density at radius 3 is 2.50 bits per heavy atom. The topological polar surface area (TPSA) is 114 Å². The van der Waals surface area contributed by atoms with Crippen LogP contribution in [-0.4, -0.2) is 44.0 Å². The molecule has 0 atom stereocenters. The minimum Gasteiger partial charge on any atom is -0.412 e. The molecule has 0 aliphatic heterocycles. The lowest BCUT2D eigenvalue weighted by Crippen LogP contribution is -2.36. The number of nitrogens with zero attached hydrogens (tertiary/aromatic N) is 2. The standard InChI is InChI=1S/C9H16N4O4S/c1-3-5-10-8(14)11-6-4-7-12-13-9(17-7)18(2,15)16/h3-6H2,1-2H3,(H2,10,11,14). The van der Waals surface area contributed by atoms with Gasteiger partial charge in [0.2, 0.25) is 15.7 Å². The van der Waals surface area contributed by atoms with Crippen molar-refractivity contribution in [1.29, 1.82) is 0 Å². The molecule has 1 heterocycles. The fraction of sp³-hybridized carbons (Fsp3) is 0.667. The zero-order valence-corrected chi connectivity index (χ0v) is 11.1. The first kappa shape index (κ1) is 14.4. The van der Waals surface area contributed by atoms with Gasteiger partial charge in [0.05, 0.1) is 0 Å². The summed E-state index contributed by atoms with van der Waals surface area (Å²) in [4.78, 5) is 11.2. The maximum Gasteiger partial charge on any atom is 0.335 e. The smallest absolute Gasteiger partial charge is 0.335 e. The minimum absolute atomic E-state index is 0.172. The van der Waals surface area contributed by atoms with Crippen molar-refractivity contribution in [3.8, 4) is 0 Å². The summed E-state index contributed by atoms with van der Waals surface area (Å²) >= 11 is 0. The van der Waals surface area contributed by atoms with E-state index in [0.29, 0.717) is 13.1 Å². The maximum absolute atomic E-state index is 11.2. The number of nitrogens with one attached hydrogen (secondary N) is 2. The summed E-state index contributed by atoms with van der Waals surface area (Å²) in [5.74, 6) is 0.172. The number of hydrogen-bond donors (Lipinski definition) is 2. The second-order valence-electron chi connectivity index (χ2n) is 3.67. The first-order valence-electron chi connectivity index (χ1n) is 5.47. The third kappa shape index (κ3) is 4.70. The predicted molar refractivity (Wildman–Crippen MR) is 62.8 cm³/mol. The number of aromatic nitrogens is 2. The minimum atomic E-state index is -3.48. The molecule has 2 amide bonds. The SMILES string of the molecule is CCCNC(=O)NCCc1nnc(S(C)(=O)=O)o1. The van der Waals surface area contributed by atoms with E-state index in [0.717, 1.165) is 12.7 Å². The highest BCUT2D eigenvalue weighted by molar-refractivity contribution is 7.90. The highest BCUT2D eigenvalue weighted by Gasteiger charge is 2.16. The quantitative estimate of drug-likeness (QED) is 0.739. The van der Waals surface area contributed by atoms with Crippen molar-refractivity contribution in [2.75, 3.05) is 19.3 Å². The second-order valence-corrected chi connectivity index (χ2v) is 5.56. The second kappa shape index (κ2) is 6.34. The van der Waals surface area contributed by atoms with Crippen LogP contribution in [-0.2, 0) is 16.3 Å². The average Bonchev–Trinajstić information content (AvgIpc) is 2.74. The third-order valence-corrected chi connectivity index (χ3v) is 2.72. The highest BCUT2D eigenvalue weighted by Crippen LogP contribution is 2.06. The van der Waals surface area contributed by atoms with E-state index in [-0.39, 0.29) is 18.3 Å². The van der Waals surface area contributed by atoms with Crippen molar-refractivity contribution in [2.24, 2.45) is 0 Å². The van der Waals surface area contributed by atoms with Gasteiger partial charge in [0, 0.05) is 25.8 Å². The van der Waals surface area contributed by atoms with Crippen LogP contribution in [0.3, 0.4) is 0 Å². The van der Waals surface area contributed by atoms with E-state index in [1.807, 2.05) is 6.92 Å². The van der Waals surface area contributed by atoms with Crippen molar-refractivity contribution >= 4 is 15.9 Å². The normalized spacial score (nSPS) is 11.2. The molecule has 0 radical (unpaired) electrons. The molecule has 0 saturated heterocycles. The number of carbonyl (C=O) groups is 1. The van der Waals surface area contributed by atoms with Crippen molar-refractivity contribution in [1.82, 2.24) is 20.8 Å². The first-order valence-corrected chi connectivity index (χ1v) is 7.36. The van der Waals surface area contributed by atoms with Crippen LogP contribution in [0.25, 0.3) is 0 Å². The highest BCUT2D eigenvalue weighted by atomic mass is 32.2. The van der Waals surface area contributed by atoms with Gasteiger partial charge in [0.25, 0.3) is 0 Å². The van der Waals surface area contributed by atoms with Crippen LogP contribution < -0.4 is 10.6 Å². The molecule has 0 unspecified atom stereocenters.